The highest BCUT2D eigenvalue weighted by Gasteiger charge is 2.11. The number of nitrogens with one attached hydrogen (secondary N) is 2. The Morgan fingerprint density at radius 2 is 2.27 bits per heavy atom. The zero-order valence-corrected chi connectivity index (χ0v) is 12.9. The highest BCUT2D eigenvalue weighted by Crippen LogP contribution is 2.18. The van der Waals surface area contributed by atoms with Gasteiger partial charge in [0.1, 0.15) is 5.65 Å². The van der Waals surface area contributed by atoms with E-state index in [1.54, 1.807) is 0 Å². The van der Waals surface area contributed by atoms with E-state index in [9.17, 15) is 0 Å². The molecule has 0 bridgehead atoms. The molecule has 2 aromatic rings. The smallest absolute Gasteiger partial charge is 0.225 e. The summed E-state index contributed by atoms with van der Waals surface area (Å²) in [5, 5.41) is 4.26. The first-order valence-corrected chi connectivity index (χ1v) is 7.41. The number of H-pyrrole nitrogens is 1. The molecule has 0 amide bonds. The van der Waals surface area contributed by atoms with Crippen molar-refractivity contribution in [2.24, 2.45) is 4.99 Å². The Bertz CT molecular complexity index is 689. The third kappa shape index (κ3) is 3.52. The fraction of sp³-hybridized carbons (Fsp3) is 0.375. The van der Waals surface area contributed by atoms with Gasteiger partial charge in [-0.2, -0.15) is 0 Å². The lowest BCUT2D eigenvalue weighted by molar-refractivity contribution is 0.0412. The number of hydrogen-bond donors (Lipinski definition) is 2. The summed E-state index contributed by atoms with van der Waals surface area (Å²) in [5.74, 6) is 0. The summed E-state index contributed by atoms with van der Waals surface area (Å²) in [6.07, 6.45) is 8.19. The van der Waals surface area contributed by atoms with Gasteiger partial charge in [-0.15, -0.1) is 0 Å². The summed E-state index contributed by atoms with van der Waals surface area (Å²) < 4.78 is 5.67. The normalized spacial score (nSPS) is 17.8. The van der Waals surface area contributed by atoms with Crippen molar-refractivity contribution in [3.05, 3.63) is 36.3 Å². The first kappa shape index (κ1) is 14.7. The molecule has 0 radical (unpaired) electrons. The number of aromatic nitrogens is 2. The van der Waals surface area contributed by atoms with E-state index >= 15 is 0 Å². The van der Waals surface area contributed by atoms with Crippen molar-refractivity contribution in [3.63, 3.8) is 0 Å². The maximum atomic E-state index is 5.67. The standard InChI is InChI=1S/C16H21N5O/c1-21(2)6-3-7-22-16-19-10-14(11-20-16)13-8-12-4-5-17-15(12)18-9-13/h4-5,8-11,16,19H,3,6-7H2,1-2H3,(H,17,18). The third-order valence-electron chi connectivity index (χ3n) is 3.49. The summed E-state index contributed by atoms with van der Waals surface area (Å²) in [6.45, 7) is 1.70. The molecule has 116 valence electrons. The van der Waals surface area contributed by atoms with Crippen LogP contribution in [-0.2, 0) is 4.74 Å². The Balaban J connectivity index is 1.56. The van der Waals surface area contributed by atoms with Crippen LogP contribution in [0.25, 0.3) is 16.6 Å². The van der Waals surface area contributed by atoms with Crippen molar-refractivity contribution in [2.45, 2.75) is 12.8 Å². The van der Waals surface area contributed by atoms with Crippen LogP contribution in [0, 0.1) is 0 Å². The van der Waals surface area contributed by atoms with Gasteiger partial charge in [-0.25, -0.2) is 9.98 Å². The van der Waals surface area contributed by atoms with Gasteiger partial charge in [-0.05, 0) is 39.2 Å². The zero-order chi connectivity index (χ0) is 15.4. The summed E-state index contributed by atoms with van der Waals surface area (Å²) in [5.41, 5.74) is 2.94. The van der Waals surface area contributed by atoms with E-state index in [1.807, 2.05) is 30.9 Å². The molecule has 0 saturated heterocycles. The van der Waals surface area contributed by atoms with E-state index in [0.29, 0.717) is 6.61 Å². The average molecular weight is 299 g/mol. The van der Waals surface area contributed by atoms with Crippen LogP contribution in [0.1, 0.15) is 12.0 Å². The summed E-state index contributed by atoms with van der Waals surface area (Å²) in [7, 11) is 4.11. The minimum atomic E-state index is -0.296. The van der Waals surface area contributed by atoms with Crippen LogP contribution in [-0.4, -0.2) is 54.7 Å². The molecule has 0 spiro atoms. The molecule has 3 rings (SSSR count). The minimum absolute atomic E-state index is 0.296. The van der Waals surface area contributed by atoms with Gasteiger partial charge < -0.3 is 19.9 Å². The summed E-state index contributed by atoms with van der Waals surface area (Å²) in [6, 6.07) is 4.10. The van der Waals surface area contributed by atoms with Gasteiger partial charge in [-0.1, -0.05) is 0 Å². The number of rotatable bonds is 6. The fourth-order valence-corrected chi connectivity index (χ4v) is 2.31. The lowest BCUT2D eigenvalue weighted by Crippen LogP contribution is -2.29. The van der Waals surface area contributed by atoms with Crippen molar-refractivity contribution in [3.8, 4) is 0 Å². The zero-order valence-electron chi connectivity index (χ0n) is 12.9. The van der Waals surface area contributed by atoms with E-state index < -0.39 is 0 Å². The molecule has 6 heteroatoms. The lowest BCUT2D eigenvalue weighted by atomic mass is 10.1. The van der Waals surface area contributed by atoms with Crippen LogP contribution >= 0.6 is 0 Å². The molecule has 22 heavy (non-hydrogen) atoms. The van der Waals surface area contributed by atoms with Crippen LogP contribution in [0.2, 0.25) is 0 Å². The van der Waals surface area contributed by atoms with Gasteiger partial charge in [0.2, 0.25) is 6.35 Å². The van der Waals surface area contributed by atoms with E-state index in [1.165, 1.54) is 0 Å². The number of hydrogen-bond acceptors (Lipinski definition) is 5. The third-order valence-corrected chi connectivity index (χ3v) is 3.49. The predicted octanol–water partition coefficient (Wildman–Crippen LogP) is 1.83. The van der Waals surface area contributed by atoms with Crippen LogP contribution in [0.5, 0.6) is 0 Å². The van der Waals surface area contributed by atoms with E-state index in [0.717, 1.165) is 35.1 Å². The second-order valence-corrected chi connectivity index (χ2v) is 5.56. The highest BCUT2D eigenvalue weighted by molar-refractivity contribution is 6.10. The van der Waals surface area contributed by atoms with Crippen LogP contribution in [0.4, 0.5) is 0 Å². The van der Waals surface area contributed by atoms with Crippen LogP contribution < -0.4 is 5.32 Å². The maximum absolute atomic E-state index is 5.67. The Hall–Kier alpha value is -2.18. The number of aliphatic imine (C=N–C) groups is 1. The van der Waals surface area contributed by atoms with Crippen LogP contribution in [0.15, 0.2) is 35.7 Å². The van der Waals surface area contributed by atoms with Gasteiger partial charge >= 0.3 is 0 Å². The average Bonchev–Trinajstić information content (AvgIpc) is 2.99. The van der Waals surface area contributed by atoms with Gasteiger partial charge in [0.15, 0.2) is 0 Å². The molecule has 1 atom stereocenters. The monoisotopic (exact) mass is 299 g/mol. The van der Waals surface area contributed by atoms with Crippen molar-refractivity contribution < 1.29 is 4.74 Å². The molecule has 0 aliphatic carbocycles. The molecule has 0 aromatic carbocycles. The first-order valence-electron chi connectivity index (χ1n) is 7.41. The number of ether oxygens (including phenoxy) is 1. The summed E-state index contributed by atoms with van der Waals surface area (Å²) >= 11 is 0. The Morgan fingerprint density at radius 1 is 1.36 bits per heavy atom. The van der Waals surface area contributed by atoms with E-state index in [-0.39, 0.29) is 6.35 Å². The molecule has 2 N–H and O–H groups in total. The van der Waals surface area contributed by atoms with Gasteiger partial charge in [0.05, 0.1) is 6.61 Å². The Morgan fingerprint density at radius 3 is 3.05 bits per heavy atom. The first-order chi connectivity index (χ1) is 10.7. The molecule has 6 nitrogen and oxygen atoms in total. The van der Waals surface area contributed by atoms with Crippen molar-refractivity contribution in [1.29, 1.82) is 0 Å². The highest BCUT2D eigenvalue weighted by atomic mass is 16.5. The SMILES string of the molecule is CN(C)CCCOC1N=CC(c2cnc3[nH]ccc3c2)=CN1. The molecule has 1 unspecified atom stereocenters. The largest absolute Gasteiger partial charge is 0.347 e. The molecule has 1 aliphatic heterocycles. The fourth-order valence-electron chi connectivity index (χ4n) is 2.31. The predicted molar refractivity (Wildman–Crippen MR) is 88.6 cm³/mol. The van der Waals surface area contributed by atoms with Crippen molar-refractivity contribution in [2.75, 3.05) is 27.2 Å². The lowest BCUT2D eigenvalue weighted by Gasteiger charge is -2.19. The second kappa shape index (κ2) is 6.72. The van der Waals surface area contributed by atoms with Gasteiger partial charge in [-0.3, -0.25) is 0 Å². The van der Waals surface area contributed by atoms with Gasteiger partial charge in [0.25, 0.3) is 0 Å². The van der Waals surface area contributed by atoms with E-state index in [2.05, 4.69) is 45.3 Å². The van der Waals surface area contributed by atoms with Crippen LogP contribution in [0.3, 0.4) is 0 Å². The van der Waals surface area contributed by atoms with Gasteiger partial charge in [0, 0.05) is 41.3 Å². The maximum Gasteiger partial charge on any atom is 0.225 e. The number of fused-ring (bicyclic) bond motifs is 1. The number of allylic oxidation sites excluding steroid dienone is 1. The number of nitrogens with zero attached hydrogens (tertiary/aromatic N) is 3. The molecule has 2 aromatic heterocycles. The topological polar surface area (TPSA) is 65.5 Å². The molecule has 0 fully saturated rings. The van der Waals surface area contributed by atoms with Crippen molar-refractivity contribution in [1.82, 2.24) is 20.2 Å². The number of pyridine rings is 1. The van der Waals surface area contributed by atoms with E-state index in [4.69, 9.17) is 4.74 Å². The molecular formula is C16H21N5O. The Kier molecular flexibility index (Phi) is 4.50. The number of aromatic amines is 1. The molecule has 3 heterocycles. The Labute approximate surface area is 129 Å². The molecular weight excluding hydrogens is 278 g/mol. The molecule has 1 aliphatic rings. The summed E-state index contributed by atoms with van der Waals surface area (Å²) in [4.78, 5) is 14.0. The van der Waals surface area contributed by atoms with Crippen molar-refractivity contribution >= 4 is 22.8 Å². The quantitative estimate of drug-likeness (QED) is 0.799. The molecule has 0 saturated carbocycles. The second-order valence-electron chi connectivity index (χ2n) is 5.56. The minimum Gasteiger partial charge on any atom is -0.347 e.